The number of hydrogen-bond acceptors (Lipinski definition) is 5. The van der Waals surface area contributed by atoms with Gasteiger partial charge in [0, 0.05) is 29.0 Å². The maximum Gasteiger partial charge on any atom is 0.417 e. The van der Waals surface area contributed by atoms with Crippen molar-refractivity contribution in [3.05, 3.63) is 58.4 Å². The Hall–Kier alpha value is -2.52. The number of halogens is 4. The Morgan fingerprint density at radius 2 is 2.00 bits per heavy atom. The number of benzene rings is 1. The highest BCUT2D eigenvalue weighted by molar-refractivity contribution is 7.10. The van der Waals surface area contributed by atoms with Gasteiger partial charge in [-0.2, -0.15) is 22.5 Å². The van der Waals surface area contributed by atoms with Gasteiger partial charge in [0.25, 0.3) is 5.91 Å². The van der Waals surface area contributed by atoms with Crippen molar-refractivity contribution >= 4 is 34.2 Å². The van der Waals surface area contributed by atoms with E-state index < -0.39 is 22.7 Å². The Morgan fingerprint density at radius 1 is 1.23 bits per heavy atom. The summed E-state index contributed by atoms with van der Waals surface area (Å²) >= 11 is 6.71. The third kappa shape index (κ3) is 3.68. The standard InChI is InChI=1S/C16H10ClF3N4OS/c1-8-9(5-3-7-21-8)14(25)23-15-22-13(24-26-15)10-4-2-6-11(12(10)17)16(18,19)20/h2-7H,1H3,(H,22,23,24,25). The van der Waals surface area contributed by atoms with E-state index in [0.29, 0.717) is 11.3 Å². The maximum atomic E-state index is 13.0. The van der Waals surface area contributed by atoms with Crippen molar-refractivity contribution in [2.24, 2.45) is 0 Å². The molecule has 3 rings (SSSR count). The molecule has 0 spiro atoms. The number of carbonyl (C=O) groups is 1. The normalized spacial score (nSPS) is 11.4. The molecule has 0 fully saturated rings. The van der Waals surface area contributed by atoms with Crippen molar-refractivity contribution in [2.45, 2.75) is 13.1 Å². The molecule has 3 aromatic rings. The number of rotatable bonds is 3. The van der Waals surface area contributed by atoms with Crippen LogP contribution < -0.4 is 5.32 Å². The number of hydrogen-bond donors (Lipinski definition) is 1. The van der Waals surface area contributed by atoms with Gasteiger partial charge in [0.05, 0.1) is 16.1 Å². The van der Waals surface area contributed by atoms with Gasteiger partial charge in [0.15, 0.2) is 5.82 Å². The van der Waals surface area contributed by atoms with E-state index in [1.807, 2.05) is 0 Å². The third-order valence-corrected chi connectivity index (χ3v) is 4.48. The second-order valence-electron chi connectivity index (χ2n) is 5.18. The van der Waals surface area contributed by atoms with Crippen molar-refractivity contribution in [3.8, 4) is 11.4 Å². The Kier molecular flexibility index (Phi) is 4.92. The summed E-state index contributed by atoms with van der Waals surface area (Å²) < 4.78 is 42.9. The first kappa shape index (κ1) is 18.3. The zero-order valence-corrected chi connectivity index (χ0v) is 14.7. The molecular formula is C16H10ClF3N4OS. The summed E-state index contributed by atoms with van der Waals surface area (Å²) in [6, 6.07) is 6.71. The van der Waals surface area contributed by atoms with Crippen molar-refractivity contribution in [1.29, 1.82) is 0 Å². The van der Waals surface area contributed by atoms with Crippen LogP contribution in [0.25, 0.3) is 11.4 Å². The molecule has 134 valence electrons. The molecule has 0 aliphatic heterocycles. The van der Waals surface area contributed by atoms with Crippen molar-refractivity contribution in [1.82, 2.24) is 14.3 Å². The molecule has 10 heteroatoms. The van der Waals surface area contributed by atoms with Crippen LogP contribution >= 0.6 is 23.1 Å². The lowest BCUT2D eigenvalue weighted by Crippen LogP contribution is -2.13. The van der Waals surface area contributed by atoms with Crippen LogP contribution in [0.5, 0.6) is 0 Å². The van der Waals surface area contributed by atoms with Gasteiger partial charge in [-0.3, -0.25) is 15.1 Å². The lowest BCUT2D eigenvalue weighted by atomic mass is 10.1. The molecule has 0 saturated heterocycles. The Morgan fingerprint density at radius 3 is 2.69 bits per heavy atom. The van der Waals surface area contributed by atoms with Gasteiger partial charge >= 0.3 is 6.18 Å². The molecule has 0 aliphatic carbocycles. The molecule has 0 atom stereocenters. The predicted molar refractivity (Wildman–Crippen MR) is 92.3 cm³/mol. The number of amides is 1. The number of aryl methyl sites for hydroxylation is 1. The summed E-state index contributed by atoms with van der Waals surface area (Å²) in [5, 5.41) is 2.21. The van der Waals surface area contributed by atoms with Crippen molar-refractivity contribution in [3.63, 3.8) is 0 Å². The summed E-state index contributed by atoms with van der Waals surface area (Å²) in [4.78, 5) is 20.3. The molecule has 2 heterocycles. The molecule has 2 aromatic heterocycles. The summed E-state index contributed by atoms with van der Waals surface area (Å²) in [6.45, 7) is 1.68. The first-order valence-corrected chi connectivity index (χ1v) is 8.35. The zero-order valence-electron chi connectivity index (χ0n) is 13.1. The van der Waals surface area contributed by atoms with E-state index in [1.54, 1.807) is 25.3 Å². The van der Waals surface area contributed by atoms with E-state index in [4.69, 9.17) is 11.6 Å². The van der Waals surface area contributed by atoms with Gasteiger partial charge < -0.3 is 0 Å². The van der Waals surface area contributed by atoms with Gasteiger partial charge in [0.2, 0.25) is 5.13 Å². The largest absolute Gasteiger partial charge is 0.417 e. The van der Waals surface area contributed by atoms with E-state index in [2.05, 4.69) is 19.7 Å². The first-order valence-electron chi connectivity index (χ1n) is 7.20. The van der Waals surface area contributed by atoms with Crippen molar-refractivity contribution in [2.75, 3.05) is 5.32 Å². The van der Waals surface area contributed by atoms with E-state index in [1.165, 1.54) is 12.1 Å². The highest BCUT2D eigenvalue weighted by atomic mass is 35.5. The van der Waals surface area contributed by atoms with E-state index in [-0.39, 0.29) is 16.5 Å². The van der Waals surface area contributed by atoms with Crippen LogP contribution in [0.15, 0.2) is 36.5 Å². The minimum absolute atomic E-state index is 0.00399. The number of carbonyl (C=O) groups excluding carboxylic acids is 1. The van der Waals surface area contributed by atoms with Crippen LogP contribution in [0.3, 0.4) is 0 Å². The number of anilines is 1. The number of nitrogens with one attached hydrogen (secondary N) is 1. The fraction of sp³-hybridized carbons (Fsp3) is 0.125. The zero-order chi connectivity index (χ0) is 18.9. The topological polar surface area (TPSA) is 67.8 Å². The molecule has 1 aromatic carbocycles. The maximum absolute atomic E-state index is 13.0. The number of pyridine rings is 1. The highest BCUT2D eigenvalue weighted by Gasteiger charge is 2.34. The minimum atomic E-state index is -4.59. The van der Waals surface area contributed by atoms with E-state index in [9.17, 15) is 18.0 Å². The van der Waals surface area contributed by atoms with Crippen LogP contribution in [0, 0.1) is 6.92 Å². The lowest BCUT2D eigenvalue weighted by Gasteiger charge is -2.10. The number of alkyl halides is 3. The number of aromatic nitrogens is 3. The monoisotopic (exact) mass is 398 g/mol. The second kappa shape index (κ2) is 7.00. The van der Waals surface area contributed by atoms with Crippen LogP contribution in [-0.2, 0) is 6.18 Å². The molecule has 0 radical (unpaired) electrons. The molecule has 0 unspecified atom stereocenters. The van der Waals surface area contributed by atoms with Crippen LogP contribution in [0.4, 0.5) is 18.3 Å². The Balaban J connectivity index is 1.87. The molecule has 5 nitrogen and oxygen atoms in total. The molecule has 0 aliphatic rings. The Labute approximate surface area is 155 Å². The molecule has 0 bridgehead atoms. The lowest BCUT2D eigenvalue weighted by molar-refractivity contribution is -0.137. The van der Waals surface area contributed by atoms with E-state index in [0.717, 1.165) is 17.6 Å². The summed E-state index contributed by atoms with van der Waals surface area (Å²) in [5.74, 6) is -0.433. The molecule has 0 saturated carbocycles. The fourth-order valence-electron chi connectivity index (χ4n) is 2.20. The third-order valence-electron chi connectivity index (χ3n) is 3.44. The first-order chi connectivity index (χ1) is 12.3. The number of nitrogens with zero attached hydrogens (tertiary/aromatic N) is 3. The summed E-state index contributed by atoms with van der Waals surface area (Å²) in [6.07, 6.45) is -3.02. The summed E-state index contributed by atoms with van der Waals surface area (Å²) in [5.41, 5.74) is -0.0316. The van der Waals surface area contributed by atoms with Gasteiger partial charge in [-0.15, -0.1) is 0 Å². The quantitative estimate of drug-likeness (QED) is 0.686. The van der Waals surface area contributed by atoms with Crippen LogP contribution in [-0.4, -0.2) is 20.2 Å². The fourth-order valence-corrected chi connectivity index (χ4v) is 3.09. The Bertz CT molecular complexity index is 974. The van der Waals surface area contributed by atoms with Gasteiger partial charge in [0.1, 0.15) is 0 Å². The molecular weight excluding hydrogens is 389 g/mol. The van der Waals surface area contributed by atoms with Gasteiger partial charge in [-0.05, 0) is 31.2 Å². The second-order valence-corrected chi connectivity index (χ2v) is 6.31. The van der Waals surface area contributed by atoms with Gasteiger partial charge in [-0.25, -0.2) is 0 Å². The predicted octanol–water partition coefficient (Wildman–Crippen LogP) is 4.83. The SMILES string of the molecule is Cc1ncccc1C(=O)Nc1nc(-c2cccc(C(F)(F)F)c2Cl)ns1. The molecule has 1 amide bonds. The minimum Gasteiger partial charge on any atom is -0.297 e. The molecule has 26 heavy (non-hydrogen) atoms. The highest BCUT2D eigenvalue weighted by Crippen LogP contribution is 2.39. The average molecular weight is 399 g/mol. The smallest absolute Gasteiger partial charge is 0.297 e. The van der Waals surface area contributed by atoms with Crippen LogP contribution in [0.1, 0.15) is 21.6 Å². The van der Waals surface area contributed by atoms with E-state index >= 15 is 0 Å². The average Bonchev–Trinajstić information content (AvgIpc) is 3.02. The summed E-state index contributed by atoms with van der Waals surface area (Å²) in [7, 11) is 0. The molecule has 1 N–H and O–H groups in total. The van der Waals surface area contributed by atoms with Crippen molar-refractivity contribution < 1.29 is 18.0 Å². The van der Waals surface area contributed by atoms with Gasteiger partial charge in [-0.1, -0.05) is 17.7 Å². The van der Waals surface area contributed by atoms with Crippen LogP contribution in [0.2, 0.25) is 5.02 Å².